The van der Waals surface area contributed by atoms with Gasteiger partial charge in [0.2, 0.25) is 0 Å². The van der Waals surface area contributed by atoms with Crippen molar-refractivity contribution in [2.24, 2.45) is 5.10 Å². The lowest BCUT2D eigenvalue weighted by Gasteiger charge is -2.13. The minimum atomic E-state index is -0.241. The average molecular weight is 445 g/mol. The van der Waals surface area contributed by atoms with Crippen molar-refractivity contribution in [3.63, 3.8) is 0 Å². The van der Waals surface area contributed by atoms with Crippen molar-refractivity contribution < 1.29 is 14.3 Å². The van der Waals surface area contributed by atoms with Gasteiger partial charge in [0, 0.05) is 0 Å². The van der Waals surface area contributed by atoms with E-state index in [0.717, 1.165) is 15.6 Å². The summed E-state index contributed by atoms with van der Waals surface area (Å²) in [6.45, 7) is 0.431. The molecule has 0 atom stereocenters. The topological polar surface area (TPSA) is 59.9 Å². The standard InChI is InChI=1S/C20H17BrN2O3S/c1-25-17-11-15(12-22-23-20(24)18-8-5-9-27-18)10-16(21)19(17)26-13-14-6-3-2-4-7-14/h2-12H,13H2,1H3,(H,23,24)/b22-12+. The van der Waals surface area contributed by atoms with Crippen molar-refractivity contribution in [2.45, 2.75) is 6.61 Å². The van der Waals surface area contributed by atoms with Gasteiger partial charge in [0.25, 0.3) is 5.91 Å². The molecular weight excluding hydrogens is 428 g/mol. The summed E-state index contributed by atoms with van der Waals surface area (Å²) < 4.78 is 12.1. The molecule has 0 fully saturated rings. The molecule has 0 saturated heterocycles. The molecule has 0 aliphatic heterocycles. The lowest BCUT2D eigenvalue weighted by molar-refractivity contribution is 0.0959. The van der Waals surface area contributed by atoms with Gasteiger partial charge in [-0.25, -0.2) is 5.43 Å². The van der Waals surface area contributed by atoms with Crippen LogP contribution in [0.1, 0.15) is 20.8 Å². The van der Waals surface area contributed by atoms with Crippen molar-refractivity contribution in [3.8, 4) is 11.5 Å². The number of nitrogens with zero attached hydrogens (tertiary/aromatic N) is 1. The van der Waals surface area contributed by atoms with Crippen LogP contribution >= 0.6 is 27.3 Å². The van der Waals surface area contributed by atoms with Crippen LogP contribution in [0.15, 0.2) is 69.6 Å². The van der Waals surface area contributed by atoms with E-state index in [4.69, 9.17) is 9.47 Å². The number of methoxy groups -OCH3 is 1. The maximum absolute atomic E-state index is 11.9. The van der Waals surface area contributed by atoms with E-state index >= 15 is 0 Å². The number of benzene rings is 2. The Hall–Kier alpha value is -2.64. The van der Waals surface area contributed by atoms with E-state index in [0.29, 0.717) is 23.0 Å². The molecule has 1 amide bonds. The molecular formula is C20H17BrN2O3S. The highest BCUT2D eigenvalue weighted by Gasteiger charge is 2.12. The maximum atomic E-state index is 11.9. The maximum Gasteiger partial charge on any atom is 0.281 e. The highest BCUT2D eigenvalue weighted by Crippen LogP contribution is 2.36. The molecule has 5 nitrogen and oxygen atoms in total. The molecule has 0 unspecified atom stereocenters. The predicted octanol–water partition coefficient (Wildman–Crippen LogP) is 4.86. The minimum Gasteiger partial charge on any atom is -0.493 e. The normalized spacial score (nSPS) is 10.7. The number of hydrazone groups is 1. The number of thiophene rings is 1. The summed E-state index contributed by atoms with van der Waals surface area (Å²) >= 11 is 4.87. The smallest absolute Gasteiger partial charge is 0.281 e. The van der Waals surface area contributed by atoms with Gasteiger partial charge < -0.3 is 9.47 Å². The molecule has 27 heavy (non-hydrogen) atoms. The van der Waals surface area contributed by atoms with Gasteiger partial charge in [-0.15, -0.1) is 11.3 Å². The Labute approximate surface area is 169 Å². The Morgan fingerprint density at radius 2 is 2.04 bits per heavy atom. The van der Waals surface area contributed by atoms with Gasteiger partial charge >= 0.3 is 0 Å². The first-order valence-corrected chi connectivity index (χ1v) is 9.76. The average Bonchev–Trinajstić information content (AvgIpc) is 3.22. The summed E-state index contributed by atoms with van der Waals surface area (Å²) in [6.07, 6.45) is 1.56. The van der Waals surface area contributed by atoms with Gasteiger partial charge in [0.05, 0.1) is 22.7 Å². The molecule has 7 heteroatoms. The van der Waals surface area contributed by atoms with E-state index in [-0.39, 0.29) is 5.91 Å². The van der Waals surface area contributed by atoms with Gasteiger partial charge in [0.1, 0.15) is 6.61 Å². The molecule has 2 aromatic carbocycles. The quantitative estimate of drug-likeness (QED) is 0.417. The molecule has 1 heterocycles. The second kappa shape index (κ2) is 9.34. The Balaban J connectivity index is 1.69. The van der Waals surface area contributed by atoms with Crippen LogP contribution in [0.3, 0.4) is 0 Å². The van der Waals surface area contributed by atoms with Gasteiger partial charge in [-0.3, -0.25) is 4.79 Å². The third kappa shape index (κ3) is 5.18. The third-order valence-electron chi connectivity index (χ3n) is 3.60. The number of ether oxygens (including phenoxy) is 2. The fourth-order valence-electron chi connectivity index (χ4n) is 2.31. The second-order valence-electron chi connectivity index (χ2n) is 5.48. The fraction of sp³-hybridized carbons (Fsp3) is 0.100. The summed E-state index contributed by atoms with van der Waals surface area (Å²) in [7, 11) is 1.58. The SMILES string of the molecule is COc1cc(/C=N/NC(=O)c2cccs2)cc(Br)c1OCc1ccccc1. The zero-order valence-corrected chi connectivity index (χ0v) is 16.9. The largest absolute Gasteiger partial charge is 0.493 e. The first-order valence-electron chi connectivity index (χ1n) is 8.08. The predicted molar refractivity (Wildman–Crippen MR) is 111 cm³/mol. The van der Waals surface area contributed by atoms with Crippen molar-refractivity contribution >= 4 is 39.4 Å². The van der Waals surface area contributed by atoms with Crippen LogP contribution < -0.4 is 14.9 Å². The van der Waals surface area contributed by atoms with E-state index in [1.807, 2.05) is 47.8 Å². The lowest BCUT2D eigenvalue weighted by atomic mass is 10.2. The molecule has 0 saturated carbocycles. The Kier molecular flexibility index (Phi) is 6.62. The summed E-state index contributed by atoms with van der Waals surface area (Å²) in [4.78, 5) is 12.5. The highest BCUT2D eigenvalue weighted by atomic mass is 79.9. The van der Waals surface area contributed by atoms with Crippen LogP contribution in [-0.2, 0) is 6.61 Å². The highest BCUT2D eigenvalue weighted by molar-refractivity contribution is 9.10. The van der Waals surface area contributed by atoms with Crippen LogP contribution in [0.4, 0.5) is 0 Å². The van der Waals surface area contributed by atoms with Crippen molar-refractivity contribution in [2.75, 3.05) is 7.11 Å². The molecule has 0 bridgehead atoms. The number of halogens is 1. The van der Waals surface area contributed by atoms with Crippen molar-refractivity contribution in [1.29, 1.82) is 0 Å². The molecule has 138 valence electrons. The first-order chi connectivity index (χ1) is 13.2. The van der Waals surface area contributed by atoms with Gasteiger partial charge in [0.15, 0.2) is 11.5 Å². The number of nitrogens with one attached hydrogen (secondary N) is 1. The van der Waals surface area contributed by atoms with E-state index in [1.54, 1.807) is 25.5 Å². The Morgan fingerprint density at radius 1 is 1.22 bits per heavy atom. The van der Waals surface area contributed by atoms with Crippen LogP contribution in [-0.4, -0.2) is 19.2 Å². The van der Waals surface area contributed by atoms with E-state index in [9.17, 15) is 4.79 Å². The molecule has 0 aliphatic carbocycles. The van der Waals surface area contributed by atoms with E-state index in [1.165, 1.54) is 11.3 Å². The molecule has 0 aliphatic rings. The van der Waals surface area contributed by atoms with Gasteiger partial charge in [-0.2, -0.15) is 5.10 Å². The molecule has 1 aromatic heterocycles. The number of rotatable bonds is 7. The van der Waals surface area contributed by atoms with E-state index < -0.39 is 0 Å². The number of amides is 1. The lowest BCUT2D eigenvalue weighted by Crippen LogP contribution is -2.16. The second-order valence-corrected chi connectivity index (χ2v) is 7.29. The molecule has 1 N–H and O–H groups in total. The number of hydrogen-bond acceptors (Lipinski definition) is 5. The Bertz CT molecular complexity index is 928. The third-order valence-corrected chi connectivity index (χ3v) is 5.06. The summed E-state index contributed by atoms with van der Waals surface area (Å²) in [5.41, 5.74) is 4.33. The van der Waals surface area contributed by atoms with Crippen LogP contribution in [0.2, 0.25) is 0 Å². The monoisotopic (exact) mass is 444 g/mol. The first kappa shape index (κ1) is 19.1. The van der Waals surface area contributed by atoms with Gasteiger partial charge in [-0.1, -0.05) is 36.4 Å². The Morgan fingerprint density at radius 3 is 2.74 bits per heavy atom. The zero-order chi connectivity index (χ0) is 19.1. The van der Waals surface area contributed by atoms with Crippen LogP contribution in [0.5, 0.6) is 11.5 Å². The molecule has 0 radical (unpaired) electrons. The van der Waals surface area contributed by atoms with Crippen LogP contribution in [0.25, 0.3) is 0 Å². The number of carbonyl (C=O) groups excluding carboxylic acids is 1. The number of hydrogen-bond donors (Lipinski definition) is 1. The summed E-state index contributed by atoms with van der Waals surface area (Å²) in [6, 6.07) is 17.1. The van der Waals surface area contributed by atoms with Crippen LogP contribution in [0, 0.1) is 0 Å². The molecule has 0 spiro atoms. The molecule has 3 rings (SSSR count). The summed E-state index contributed by atoms with van der Waals surface area (Å²) in [5.74, 6) is 0.947. The van der Waals surface area contributed by atoms with Crippen molar-refractivity contribution in [3.05, 3.63) is 80.5 Å². The van der Waals surface area contributed by atoms with E-state index in [2.05, 4.69) is 26.5 Å². The van der Waals surface area contributed by atoms with Gasteiger partial charge in [-0.05, 0) is 50.6 Å². The minimum absolute atomic E-state index is 0.241. The number of carbonyl (C=O) groups is 1. The molecule has 3 aromatic rings. The van der Waals surface area contributed by atoms with Crippen molar-refractivity contribution in [1.82, 2.24) is 5.43 Å². The fourth-order valence-corrected chi connectivity index (χ4v) is 3.50. The zero-order valence-electron chi connectivity index (χ0n) is 14.5. The summed E-state index contributed by atoms with van der Waals surface area (Å²) in [5, 5.41) is 5.84.